The van der Waals surface area contributed by atoms with Crippen molar-refractivity contribution in [2.75, 3.05) is 0 Å². The maximum Gasteiger partial charge on any atom is 0.114 e. The zero-order valence-electron chi connectivity index (χ0n) is 8.46. The van der Waals surface area contributed by atoms with Crippen LogP contribution in [0.3, 0.4) is 0 Å². The molecule has 68 valence electrons. The molecule has 2 rings (SSSR count). The monoisotopic (exact) mass is 180 g/mol. The SMILES string of the molecule is [B]c1ccc(C2=CC=CCC2)cc1C. The number of allylic oxidation sites excluding steroid dienone is 4. The maximum absolute atomic E-state index is 5.78. The second-order valence-corrected chi connectivity index (χ2v) is 3.73. The Kier molecular flexibility index (Phi) is 2.58. The van der Waals surface area contributed by atoms with Crippen molar-refractivity contribution in [3.63, 3.8) is 0 Å². The summed E-state index contributed by atoms with van der Waals surface area (Å²) in [5.74, 6) is 0. The molecule has 14 heavy (non-hydrogen) atoms. The second kappa shape index (κ2) is 3.87. The highest BCUT2D eigenvalue weighted by Crippen LogP contribution is 2.23. The van der Waals surface area contributed by atoms with Crippen molar-refractivity contribution in [3.8, 4) is 0 Å². The quantitative estimate of drug-likeness (QED) is 0.582. The first kappa shape index (κ1) is 9.33. The van der Waals surface area contributed by atoms with Crippen LogP contribution in [-0.2, 0) is 0 Å². The first-order valence-electron chi connectivity index (χ1n) is 4.99. The van der Waals surface area contributed by atoms with Gasteiger partial charge in [0, 0.05) is 0 Å². The van der Waals surface area contributed by atoms with E-state index in [0.717, 1.165) is 23.9 Å². The van der Waals surface area contributed by atoms with Crippen LogP contribution in [0.15, 0.2) is 36.4 Å². The van der Waals surface area contributed by atoms with Crippen LogP contribution in [0, 0.1) is 6.92 Å². The summed E-state index contributed by atoms with van der Waals surface area (Å²) in [7, 11) is 5.78. The summed E-state index contributed by atoms with van der Waals surface area (Å²) in [6.07, 6.45) is 8.81. The van der Waals surface area contributed by atoms with E-state index in [4.69, 9.17) is 7.85 Å². The fourth-order valence-corrected chi connectivity index (χ4v) is 1.72. The van der Waals surface area contributed by atoms with Crippen molar-refractivity contribution in [1.29, 1.82) is 0 Å². The van der Waals surface area contributed by atoms with Crippen LogP contribution in [0.5, 0.6) is 0 Å². The van der Waals surface area contributed by atoms with Gasteiger partial charge < -0.3 is 0 Å². The van der Waals surface area contributed by atoms with Crippen LogP contribution >= 0.6 is 0 Å². The van der Waals surface area contributed by atoms with E-state index >= 15 is 0 Å². The van der Waals surface area contributed by atoms with Gasteiger partial charge in [-0.1, -0.05) is 47.5 Å². The number of hydrogen-bond acceptors (Lipinski definition) is 0. The van der Waals surface area contributed by atoms with Gasteiger partial charge in [-0.25, -0.2) is 0 Å². The first-order chi connectivity index (χ1) is 6.77. The Bertz CT molecular complexity index is 400. The number of rotatable bonds is 1. The molecule has 0 N–H and O–H groups in total. The zero-order valence-corrected chi connectivity index (χ0v) is 8.46. The summed E-state index contributed by atoms with van der Waals surface area (Å²) in [5.41, 5.74) is 4.76. The van der Waals surface area contributed by atoms with Gasteiger partial charge >= 0.3 is 0 Å². The fourth-order valence-electron chi connectivity index (χ4n) is 1.72. The predicted molar refractivity (Wildman–Crippen MR) is 62.9 cm³/mol. The van der Waals surface area contributed by atoms with Crippen LogP contribution < -0.4 is 5.46 Å². The van der Waals surface area contributed by atoms with E-state index in [-0.39, 0.29) is 0 Å². The molecule has 0 saturated carbocycles. The average Bonchev–Trinajstić information content (AvgIpc) is 2.23. The Labute approximate surface area is 86.8 Å². The van der Waals surface area contributed by atoms with Crippen molar-refractivity contribution < 1.29 is 0 Å². The molecule has 0 amide bonds. The molecule has 0 aliphatic heterocycles. The van der Waals surface area contributed by atoms with Crippen molar-refractivity contribution in [1.82, 2.24) is 0 Å². The Morgan fingerprint density at radius 3 is 2.79 bits per heavy atom. The van der Waals surface area contributed by atoms with E-state index in [1.807, 2.05) is 6.07 Å². The van der Waals surface area contributed by atoms with Gasteiger partial charge in [-0.3, -0.25) is 0 Å². The summed E-state index contributed by atoms with van der Waals surface area (Å²) < 4.78 is 0. The van der Waals surface area contributed by atoms with E-state index in [1.165, 1.54) is 11.1 Å². The third-order valence-electron chi connectivity index (χ3n) is 2.65. The molecular weight excluding hydrogens is 167 g/mol. The van der Waals surface area contributed by atoms with Crippen LogP contribution in [0.4, 0.5) is 0 Å². The standard InChI is InChI=1S/C13H13B/c1-10-9-12(7-8-13(10)14)11-5-3-2-4-6-11/h2-3,5,7-9H,4,6H2,1H3. The van der Waals surface area contributed by atoms with Gasteiger partial charge in [0.2, 0.25) is 0 Å². The van der Waals surface area contributed by atoms with E-state index in [0.29, 0.717) is 0 Å². The molecule has 2 radical (unpaired) electrons. The third-order valence-corrected chi connectivity index (χ3v) is 2.65. The summed E-state index contributed by atoms with van der Waals surface area (Å²) >= 11 is 0. The summed E-state index contributed by atoms with van der Waals surface area (Å²) in [5, 5.41) is 0. The summed E-state index contributed by atoms with van der Waals surface area (Å²) in [4.78, 5) is 0. The Morgan fingerprint density at radius 2 is 2.14 bits per heavy atom. The molecule has 0 aromatic heterocycles. The summed E-state index contributed by atoms with van der Waals surface area (Å²) in [6.45, 7) is 2.05. The first-order valence-corrected chi connectivity index (χ1v) is 4.99. The van der Waals surface area contributed by atoms with Crippen molar-refractivity contribution >= 4 is 18.9 Å². The van der Waals surface area contributed by atoms with Crippen LogP contribution in [0.1, 0.15) is 24.0 Å². The van der Waals surface area contributed by atoms with Crippen LogP contribution in [0.2, 0.25) is 0 Å². The zero-order chi connectivity index (χ0) is 9.97. The molecule has 0 unspecified atom stereocenters. The highest BCUT2D eigenvalue weighted by Gasteiger charge is 2.03. The van der Waals surface area contributed by atoms with Gasteiger partial charge in [0.15, 0.2) is 0 Å². The molecule has 0 nitrogen and oxygen atoms in total. The van der Waals surface area contributed by atoms with Gasteiger partial charge in [-0.2, -0.15) is 0 Å². The molecule has 1 heteroatoms. The van der Waals surface area contributed by atoms with Crippen LogP contribution in [0.25, 0.3) is 5.57 Å². The molecule has 0 fully saturated rings. The van der Waals surface area contributed by atoms with Crippen molar-refractivity contribution in [2.24, 2.45) is 0 Å². The second-order valence-electron chi connectivity index (χ2n) is 3.73. The molecule has 1 aromatic rings. The molecule has 1 aliphatic carbocycles. The van der Waals surface area contributed by atoms with E-state index < -0.39 is 0 Å². The van der Waals surface area contributed by atoms with Crippen molar-refractivity contribution in [2.45, 2.75) is 19.8 Å². The number of hydrogen-bond donors (Lipinski definition) is 0. The van der Waals surface area contributed by atoms with Gasteiger partial charge in [0.1, 0.15) is 7.85 Å². The van der Waals surface area contributed by atoms with Crippen LogP contribution in [-0.4, -0.2) is 7.85 Å². The Hall–Kier alpha value is -1.24. The smallest absolute Gasteiger partial charge is 0.0938 e. The molecule has 1 aliphatic rings. The fraction of sp³-hybridized carbons (Fsp3) is 0.231. The highest BCUT2D eigenvalue weighted by atomic mass is 14.1. The molecule has 0 atom stereocenters. The summed E-state index contributed by atoms with van der Waals surface area (Å²) in [6, 6.07) is 6.26. The van der Waals surface area contributed by atoms with Crippen molar-refractivity contribution in [3.05, 3.63) is 47.6 Å². The van der Waals surface area contributed by atoms with Gasteiger partial charge in [-0.05, 0) is 30.9 Å². The third kappa shape index (κ3) is 1.82. The minimum atomic E-state index is 0.876. The number of aryl methyl sites for hydroxylation is 1. The minimum Gasteiger partial charge on any atom is -0.0938 e. The maximum atomic E-state index is 5.78. The Balaban J connectivity index is 2.37. The molecule has 0 saturated heterocycles. The average molecular weight is 180 g/mol. The molecule has 0 bridgehead atoms. The van der Waals surface area contributed by atoms with E-state index in [1.54, 1.807) is 0 Å². The minimum absolute atomic E-state index is 0.876. The molecule has 1 aromatic carbocycles. The van der Waals surface area contributed by atoms with E-state index in [9.17, 15) is 0 Å². The molecule has 0 spiro atoms. The highest BCUT2D eigenvalue weighted by molar-refractivity contribution is 6.33. The molecule has 0 heterocycles. The Morgan fingerprint density at radius 1 is 1.29 bits per heavy atom. The predicted octanol–water partition coefficient (Wildman–Crippen LogP) is 2.52. The largest absolute Gasteiger partial charge is 0.114 e. The van der Waals surface area contributed by atoms with Gasteiger partial charge in [-0.15, -0.1) is 0 Å². The molecular formula is C13H13B. The normalized spacial score (nSPS) is 15.4. The van der Waals surface area contributed by atoms with E-state index in [2.05, 4.69) is 37.3 Å². The lowest BCUT2D eigenvalue weighted by molar-refractivity contribution is 1.05. The lowest BCUT2D eigenvalue weighted by Crippen LogP contribution is -2.06. The topological polar surface area (TPSA) is 0 Å². The van der Waals surface area contributed by atoms with Gasteiger partial charge in [0.25, 0.3) is 0 Å². The van der Waals surface area contributed by atoms with Gasteiger partial charge in [0.05, 0.1) is 0 Å². The number of benzene rings is 1. The lowest BCUT2D eigenvalue weighted by atomic mass is 9.87. The lowest BCUT2D eigenvalue weighted by Gasteiger charge is -2.11.